The van der Waals surface area contributed by atoms with Crippen molar-refractivity contribution < 1.29 is 0 Å². The average Bonchev–Trinajstić information content (AvgIpc) is 3.39. The van der Waals surface area contributed by atoms with Gasteiger partial charge >= 0.3 is 0 Å². The molecule has 0 spiro atoms. The molecule has 0 aliphatic heterocycles. The maximum atomic E-state index is 9.72. The molecule has 0 radical (unpaired) electrons. The summed E-state index contributed by atoms with van der Waals surface area (Å²) in [6.45, 7) is 0. The van der Waals surface area contributed by atoms with Gasteiger partial charge < -0.3 is 0 Å². The highest BCUT2D eigenvalue weighted by Gasteiger charge is 2.47. The van der Waals surface area contributed by atoms with Crippen LogP contribution in [0.5, 0.6) is 0 Å². The molecular formula is C41H26N2. The van der Waals surface area contributed by atoms with E-state index in [1.165, 1.54) is 49.9 Å². The standard InChI is InChI=1S/C41H26N2/c42-27-28-22-23-43-39(24-28)36-26-38-40(34-19-11-10-18-33(34)36)35-21-20-30(29-12-4-1-5-13-29)25-37(35)41(38,31-14-6-2-7-15-31)32-16-8-3-9-17-32/h1-26H. The van der Waals surface area contributed by atoms with E-state index in [1.807, 2.05) is 6.07 Å². The maximum Gasteiger partial charge on any atom is 0.0992 e. The Morgan fingerprint density at radius 3 is 1.81 bits per heavy atom. The summed E-state index contributed by atoms with van der Waals surface area (Å²) in [6, 6.07) is 56.2. The third kappa shape index (κ3) is 3.76. The van der Waals surface area contributed by atoms with E-state index >= 15 is 0 Å². The van der Waals surface area contributed by atoms with Gasteiger partial charge in [0.1, 0.15) is 0 Å². The highest BCUT2D eigenvalue weighted by molar-refractivity contribution is 6.10. The van der Waals surface area contributed by atoms with Crippen LogP contribution >= 0.6 is 0 Å². The topological polar surface area (TPSA) is 36.7 Å². The predicted octanol–water partition coefficient (Wildman–Crippen LogP) is 9.80. The van der Waals surface area contributed by atoms with E-state index in [0.29, 0.717) is 5.56 Å². The van der Waals surface area contributed by atoms with Crippen LogP contribution in [0.4, 0.5) is 0 Å². The summed E-state index contributed by atoms with van der Waals surface area (Å²) in [5, 5.41) is 12.0. The van der Waals surface area contributed by atoms with E-state index in [0.717, 1.165) is 16.6 Å². The molecule has 0 amide bonds. The lowest BCUT2D eigenvalue weighted by molar-refractivity contribution is 0.769. The van der Waals surface area contributed by atoms with Gasteiger partial charge in [0.25, 0.3) is 0 Å². The van der Waals surface area contributed by atoms with E-state index in [-0.39, 0.29) is 0 Å². The molecule has 43 heavy (non-hydrogen) atoms. The molecule has 1 aromatic heterocycles. The van der Waals surface area contributed by atoms with Crippen LogP contribution < -0.4 is 0 Å². The van der Waals surface area contributed by atoms with Crippen molar-refractivity contribution in [3.05, 3.63) is 186 Å². The summed E-state index contributed by atoms with van der Waals surface area (Å²) in [7, 11) is 0. The van der Waals surface area contributed by atoms with Gasteiger partial charge in [-0.1, -0.05) is 127 Å². The van der Waals surface area contributed by atoms with Crippen LogP contribution in [0.1, 0.15) is 27.8 Å². The van der Waals surface area contributed by atoms with Crippen LogP contribution in [0, 0.1) is 11.3 Å². The molecule has 1 aliphatic carbocycles. The monoisotopic (exact) mass is 546 g/mol. The molecule has 0 saturated heterocycles. The van der Waals surface area contributed by atoms with E-state index in [1.54, 1.807) is 12.3 Å². The molecular weight excluding hydrogens is 520 g/mol. The van der Waals surface area contributed by atoms with Gasteiger partial charge in [-0.15, -0.1) is 0 Å². The van der Waals surface area contributed by atoms with E-state index in [2.05, 4.69) is 146 Å². The number of nitrogens with zero attached hydrogens (tertiary/aromatic N) is 2. The molecule has 1 heterocycles. The quantitative estimate of drug-likeness (QED) is 0.220. The molecule has 0 bridgehead atoms. The van der Waals surface area contributed by atoms with Gasteiger partial charge in [-0.2, -0.15) is 5.26 Å². The summed E-state index contributed by atoms with van der Waals surface area (Å²) in [5.74, 6) is 0. The molecule has 7 aromatic rings. The molecule has 8 rings (SSSR count). The Kier molecular flexibility index (Phi) is 5.77. The van der Waals surface area contributed by atoms with Crippen molar-refractivity contribution in [3.8, 4) is 39.6 Å². The first kappa shape index (κ1) is 25.0. The van der Waals surface area contributed by atoms with Crippen molar-refractivity contribution in [3.63, 3.8) is 0 Å². The second-order valence-corrected chi connectivity index (χ2v) is 11.0. The summed E-state index contributed by atoms with van der Waals surface area (Å²) < 4.78 is 0. The fraction of sp³-hybridized carbons (Fsp3) is 0.0244. The SMILES string of the molecule is N#Cc1ccnc(-c2cc3c(c4ccccc24)-c2ccc(-c4ccccc4)cc2C3(c2ccccc2)c2ccccc2)c1. The first-order chi connectivity index (χ1) is 21.3. The van der Waals surface area contributed by atoms with Crippen molar-refractivity contribution in [2.75, 3.05) is 0 Å². The lowest BCUT2D eigenvalue weighted by atomic mass is 9.67. The average molecular weight is 547 g/mol. The number of pyridine rings is 1. The number of hydrogen-bond donors (Lipinski definition) is 0. The summed E-state index contributed by atoms with van der Waals surface area (Å²) in [5.41, 5.74) is 11.7. The third-order valence-electron chi connectivity index (χ3n) is 8.83. The van der Waals surface area contributed by atoms with Crippen molar-refractivity contribution in [1.82, 2.24) is 4.98 Å². The van der Waals surface area contributed by atoms with Gasteiger partial charge in [-0.05, 0) is 79.5 Å². The highest BCUT2D eigenvalue weighted by Crippen LogP contribution is 2.59. The third-order valence-corrected chi connectivity index (χ3v) is 8.83. The summed E-state index contributed by atoms with van der Waals surface area (Å²) >= 11 is 0. The van der Waals surface area contributed by atoms with Crippen molar-refractivity contribution >= 4 is 10.8 Å². The zero-order valence-corrected chi connectivity index (χ0v) is 23.4. The number of hydrogen-bond acceptors (Lipinski definition) is 2. The Labute approximate surface area is 251 Å². The lowest BCUT2D eigenvalue weighted by Gasteiger charge is -2.34. The fourth-order valence-corrected chi connectivity index (χ4v) is 7.01. The molecule has 0 saturated carbocycles. The molecule has 1 aliphatic rings. The molecule has 6 aromatic carbocycles. The predicted molar refractivity (Wildman–Crippen MR) is 175 cm³/mol. The Morgan fingerprint density at radius 2 is 1.14 bits per heavy atom. The van der Waals surface area contributed by atoms with E-state index in [4.69, 9.17) is 4.98 Å². The normalized spacial score (nSPS) is 12.8. The van der Waals surface area contributed by atoms with Gasteiger partial charge in [-0.25, -0.2) is 0 Å². The second-order valence-electron chi connectivity index (χ2n) is 11.0. The number of benzene rings is 6. The zero-order valence-electron chi connectivity index (χ0n) is 23.4. The number of fused-ring (bicyclic) bond motifs is 5. The lowest BCUT2D eigenvalue weighted by Crippen LogP contribution is -2.28. The van der Waals surface area contributed by atoms with Gasteiger partial charge in [-0.3, -0.25) is 4.98 Å². The Bertz CT molecular complexity index is 2140. The molecule has 200 valence electrons. The minimum atomic E-state index is -0.566. The largest absolute Gasteiger partial charge is 0.256 e. The van der Waals surface area contributed by atoms with Gasteiger partial charge in [0.15, 0.2) is 0 Å². The maximum absolute atomic E-state index is 9.72. The van der Waals surface area contributed by atoms with E-state index in [9.17, 15) is 5.26 Å². The fourth-order valence-electron chi connectivity index (χ4n) is 7.01. The zero-order chi connectivity index (χ0) is 28.8. The first-order valence-corrected chi connectivity index (χ1v) is 14.5. The molecule has 2 heteroatoms. The Balaban J connectivity index is 1.56. The summed E-state index contributed by atoms with van der Waals surface area (Å²) in [4.78, 5) is 4.78. The minimum absolute atomic E-state index is 0.566. The summed E-state index contributed by atoms with van der Waals surface area (Å²) in [6.07, 6.45) is 1.73. The Hall–Kier alpha value is -5.78. The number of rotatable bonds is 4. The molecule has 0 unspecified atom stereocenters. The van der Waals surface area contributed by atoms with Crippen LogP contribution in [0.3, 0.4) is 0 Å². The minimum Gasteiger partial charge on any atom is -0.256 e. The smallest absolute Gasteiger partial charge is 0.0992 e. The first-order valence-electron chi connectivity index (χ1n) is 14.5. The van der Waals surface area contributed by atoms with Crippen LogP contribution in [0.2, 0.25) is 0 Å². The van der Waals surface area contributed by atoms with Crippen LogP contribution in [-0.4, -0.2) is 4.98 Å². The Morgan fingerprint density at radius 1 is 0.512 bits per heavy atom. The molecule has 2 nitrogen and oxygen atoms in total. The van der Waals surface area contributed by atoms with Crippen molar-refractivity contribution in [2.24, 2.45) is 0 Å². The van der Waals surface area contributed by atoms with Crippen LogP contribution in [-0.2, 0) is 5.41 Å². The van der Waals surface area contributed by atoms with Crippen molar-refractivity contribution in [1.29, 1.82) is 5.26 Å². The number of aromatic nitrogens is 1. The van der Waals surface area contributed by atoms with Gasteiger partial charge in [0, 0.05) is 11.8 Å². The highest BCUT2D eigenvalue weighted by atomic mass is 14.7. The molecule has 0 N–H and O–H groups in total. The van der Waals surface area contributed by atoms with Crippen LogP contribution in [0.15, 0.2) is 158 Å². The number of nitriles is 1. The second kappa shape index (κ2) is 9.94. The van der Waals surface area contributed by atoms with E-state index < -0.39 is 5.41 Å². The van der Waals surface area contributed by atoms with Gasteiger partial charge in [0.05, 0.1) is 22.7 Å². The van der Waals surface area contributed by atoms with Crippen LogP contribution in [0.25, 0.3) is 44.3 Å². The van der Waals surface area contributed by atoms with Gasteiger partial charge in [0.2, 0.25) is 0 Å². The molecule has 0 atom stereocenters. The van der Waals surface area contributed by atoms with Crippen molar-refractivity contribution in [2.45, 2.75) is 5.41 Å². The molecule has 0 fully saturated rings.